The maximum atomic E-state index is 11.8. The van der Waals surface area contributed by atoms with Gasteiger partial charge in [-0.1, -0.05) is 25.1 Å². The summed E-state index contributed by atoms with van der Waals surface area (Å²) in [6, 6.07) is 11.5. The van der Waals surface area contributed by atoms with Crippen molar-refractivity contribution in [2.75, 3.05) is 13.1 Å². The SMILES string of the molecule is CCCNCCn1c(=O)ccc2ccccc21. The fourth-order valence-electron chi connectivity index (χ4n) is 1.97. The third-order valence-electron chi connectivity index (χ3n) is 2.84. The molecule has 2 rings (SSSR count). The van der Waals surface area contributed by atoms with Gasteiger partial charge in [-0.15, -0.1) is 0 Å². The van der Waals surface area contributed by atoms with Crippen LogP contribution in [0.4, 0.5) is 0 Å². The van der Waals surface area contributed by atoms with Gasteiger partial charge in [0.25, 0.3) is 5.56 Å². The normalized spacial score (nSPS) is 10.9. The molecule has 0 atom stereocenters. The molecule has 0 radical (unpaired) electrons. The highest BCUT2D eigenvalue weighted by molar-refractivity contribution is 5.78. The summed E-state index contributed by atoms with van der Waals surface area (Å²) < 4.78 is 1.83. The van der Waals surface area contributed by atoms with Gasteiger partial charge in [0, 0.05) is 19.2 Å². The van der Waals surface area contributed by atoms with E-state index in [9.17, 15) is 4.79 Å². The second kappa shape index (κ2) is 5.64. The molecule has 1 N–H and O–H groups in total. The minimum absolute atomic E-state index is 0.0713. The molecule has 0 saturated carbocycles. The zero-order valence-electron chi connectivity index (χ0n) is 10.1. The summed E-state index contributed by atoms with van der Waals surface area (Å²) in [6.45, 7) is 4.69. The summed E-state index contributed by atoms with van der Waals surface area (Å²) in [5.74, 6) is 0. The van der Waals surface area contributed by atoms with Crippen LogP contribution in [0.15, 0.2) is 41.2 Å². The van der Waals surface area contributed by atoms with Gasteiger partial charge in [0.1, 0.15) is 0 Å². The number of benzene rings is 1. The van der Waals surface area contributed by atoms with Crippen molar-refractivity contribution in [1.82, 2.24) is 9.88 Å². The molecule has 3 nitrogen and oxygen atoms in total. The number of nitrogens with one attached hydrogen (secondary N) is 1. The second-order valence-electron chi connectivity index (χ2n) is 4.13. The van der Waals surface area contributed by atoms with Crippen LogP contribution in [0.1, 0.15) is 13.3 Å². The zero-order chi connectivity index (χ0) is 12.1. The van der Waals surface area contributed by atoms with Crippen LogP contribution in [0.3, 0.4) is 0 Å². The van der Waals surface area contributed by atoms with E-state index in [1.807, 2.05) is 34.9 Å². The van der Waals surface area contributed by atoms with Crippen molar-refractivity contribution in [3.63, 3.8) is 0 Å². The summed E-state index contributed by atoms with van der Waals surface area (Å²) >= 11 is 0. The Labute approximate surface area is 101 Å². The largest absolute Gasteiger partial charge is 0.315 e. The van der Waals surface area contributed by atoms with Crippen molar-refractivity contribution in [3.8, 4) is 0 Å². The Morgan fingerprint density at radius 1 is 1.12 bits per heavy atom. The highest BCUT2D eigenvalue weighted by atomic mass is 16.1. The maximum Gasteiger partial charge on any atom is 0.251 e. The Balaban J connectivity index is 2.25. The van der Waals surface area contributed by atoms with Gasteiger partial charge < -0.3 is 9.88 Å². The van der Waals surface area contributed by atoms with Gasteiger partial charge in [-0.25, -0.2) is 0 Å². The first kappa shape index (κ1) is 11.9. The van der Waals surface area contributed by atoms with Crippen molar-refractivity contribution in [2.45, 2.75) is 19.9 Å². The minimum atomic E-state index is 0.0713. The van der Waals surface area contributed by atoms with E-state index in [4.69, 9.17) is 0 Å². The first-order valence-electron chi connectivity index (χ1n) is 6.12. The number of aromatic nitrogens is 1. The molecule has 1 aromatic heterocycles. The van der Waals surface area contributed by atoms with Gasteiger partial charge >= 0.3 is 0 Å². The fourth-order valence-corrected chi connectivity index (χ4v) is 1.97. The monoisotopic (exact) mass is 230 g/mol. The Hall–Kier alpha value is -1.61. The van der Waals surface area contributed by atoms with Crippen LogP contribution in [0, 0.1) is 0 Å². The zero-order valence-corrected chi connectivity index (χ0v) is 10.1. The maximum absolute atomic E-state index is 11.8. The lowest BCUT2D eigenvalue weighted by molar-refractivity contribution is 0.594. The van der Waals surface area contributed by atoms with E-state index in [1.54, 1.807) is 6.07 Å². The molecule has 0 unspecified atom stereocenters. The van der Waals surface area contributed by atoms with Gasteiger partial charge in [-0.3, -0.25) is 4.79 Å². The molecule has 0 saturated heterocycles. The molecule has 0 amide bonds. The lowest BCUT2D eigenvalue weighted by Gasteiger charge is -2.10. The predicted molar refractivity (Wildman–Crippen MR) is 71.4 cm³/mol. The van der Waals surface area contributed by atoms with E-state index in [1.165, 1.54) is 0 Å². The van der Waals surface area contributed by atoms with Gasteiger partial charge in [-0.05, 0) is 30.5 Å². The molecular formula is C14H18N2O. The van der Waals surface area contributed by atoms with Crippen LogP contribution in [0.2, 0.25) is 0 Å². The quantitative estimate of drug-likeness (QED) is 0.797. The smallest absolute Gasteiger partial charge is 0.251 e. The number of fused-ring (bicyclic) bond motifs is 1. The number of hydrogen-bond acceptors (Lipinski definition) is 2. The van der Waals surface area contributed by atoms with Gasteiger partial charge in [0.05, 0.1) is 5.52 Å². The van der Waals surface area contributed by atoms with Gasteiger partial charge in [0.15, 0.2) is 0 Å². The minimum Gasteiger partial charge on any atom is -0.315 e. The summed E-state index contributed by atoms with van der Waals surface area (Å²) in [6.07, 6.45) is 1.12. The number of para-hydroxylation sites is 1. The number of rotatable bonds is 5. The van der Waals surface area contributed by atoms with E-state index in [0.29, 0.717) is 0 Å². The van der Waals surface area contributed by atoms with Crippen LogP contribution in [-0.4, -0.2) is 17.7 Å². The fraction of sp³-hybridized carbons (Fsp3) is 0.357. The molecular weight excluding hydrogens is 212 g/mol. The van der Waals surface area contributed by atoms with Crippen LogP contribution >= 0.6 is 0 Å². The highest BCUT2D eigenvalue weighted by Gasteiger charge is 2.01. The van der Waals surface area contributed by atoms with Gasteiger partial charge in [0.2, 0.25) is 0 Å². The molecule has 0 aliphatic heterocycles. The standard InChI is InChI=1S/C14H18N2O/c1-2-9-15-10-11-16-13-6-4-3-5-12(13)7-8-14(16)17/h3-8,15H,2,9-11H2,1H3. The van der Waals surface area contributed by atoms with E-state index in [-0.39, 0.29) is 5.56 Å². The number of nitrogens with zero attached hydrogens (tertiary/aromatic N) is 1. The Morgan fingerprint density at radius 3 is 2.76 bits per heavy atom. The Bertz CT molecular complexity index is 545. The molecule has 0 aliphatic carbocycles. The van der Waals surface area contributed by atoms with E-state index >= 15 is 0 Å². The molecule has 2 aromatic rings. The summed E-state index contributed by atoms with van der Waals surface area (Å²) in [7, 11) is 0. The van der Waals surface area contributed by atoms with Crippen molar-refractivity contribution in [1.29, 1.82) is 0 Å². The molecule has 0 aliphatic rings. The number of hydrogen-bond donors (Lipinski definition) is 1. The average molecular weight is 230 g/mol. The highest BCUT2D eigenvalue weighted by Crippen LogP contribution is 2.10. The van der Waals surface area contributed by atoms with Crippen LogP contribution < -0.4 is 10.9 Å². The van der Waals surface area contributed by atoms with Crippen LogP contribution in [-0.2, 0) is 6.54 Å². The third-order valence-corrected chi connectivity index (χ3v) is 2.84. The topological polar surface area (TPSA) is 34.0 Å². The van der Waals surface area contributed by atoms with Crippen molar-refractivity contribution in [2.24, 2.45) is 0 Å². The summed E-state index contributed by atoms with van der Waals surface area (Å²) in [4.78, 5) is 11.8. The molecule has 17 heavy (non-hydrogen) atoms. The molecule has 3 heteroatoms. The van der Waals surface area contributed by atoms with Crippen LogP contribution in [0.25, 0.3) is 10.9 Å². The summed E-state index contributed by atoms with van der Waals surface area (Å²) in [5, 5.41) is 4.43. The van der Waals surface area contributed by atoms with E-state index in [2.05, 4.69) is 12.2 Å². The predicted octanol–water partition coefficient (Wildman–Crippen LogP) is 2.00. The van der Waals surface area contributed by atoms with Crippen molar-refractivity contribution < 1.29 is 0 Å². The average Bonchev–Trinajstić information content (AvgIpc) is 2.37. The Morgan fingerprint density at radius 2 is 1.94 bits per heavy atom. The molecule has 1 heterocycles. The lowest BCUT2D eigenvalue weighted by atomic mass is 10.2. The molecule has 0 bridgehead atoms. The van der Waals surface area contributed by atoms with Crippen LogP contribution in [0.5, 0.6) is 0 Å². The second-order valence-corrected chi connectivity index (χ2v) is 4.13. The first-order valence-corrected chi connectivity index (χ1v) is 6.12. The van der Waals surface area contributed by atoms with Gasteiger partial charge in [-0.2, -0.15) is 0 Å². The third kappa shape index (κ3) is 2.74. The Kier molecular flexibility index (Phi) is 3.94. The van der Waals surface area contributed by atoms with Crippen molar-refractivity contribution >= 4 is 10.9 Å². The molecule has 90 valence electrons. The van der Waals surface area contributed by atoms with Crippen molar-refractivity contribution in [3.05, 3.63) is 46.8 Å². The summed E-state index contributed by atoms with van der Waals surface area (Å²) in [5.41, 5.74) is 1.08. The molecule has 1 aromatic carbocycles. The molecule has 0 spiro atoms. The van der Waals surface area contributed by atoms with E-state index < -0.39 is 0 Å². The number of pyridine rings is 1. The van der Waals surface area contributed by atoms with E-state index in [0.717, 1.165) is 37.0 Å². The first-order chi connectivity index (χ1) is 8.33. The molecule has 0 fully saturated rings. The lowest BCUT2D eigenvalue weighted by Crippen LogP contribution is -2.27.